The lowest BCUT2D eigenvalue weighted by Crippen LogP contribution is -2.58. The van der Waals surface area contributed by atoms with E-state index >= 15 is 0 Å². The Morgan fingerprint density at radius 1 is 1.11 bits per heavy atom. The number of fused-ring (bicyclic) bond motifs is 5. The third-order valence-electron chi connectivity index (χ3n) is 10.5. The molecule has 4 aliphatic rings. The predicted octanol–water partition coefficient (Wildman–Crippen LogP) is 5.60. The minimum atomic E-state index is -0.177. The number of rotatable bonds is 4. The van der Waals surface area contributed by atoms with Crippen LogP contribution in [-0.4, -0.2) is 24.3 Å². The number of hydrogen-bond donors (Lipinski definition) is 1. The first kappa shape index (κ1) is 20.7. The Morgan fingerprint density at radius 3 is 2.64 bits per heavy atom. The number of carbonyl (C=O) groups excluding carboxylic acids is 1. The van der Waals surface area contributed by atoms with E-state index in [4.69, 9.17) is 4.74 Å². The number of carbonyl (C=O) groups is 1. The van der Waals surface area contributed by atoms with Gasteiger partial charge in [0.25, 0.3) is 0 Å². The molecule has 0 radical (unpaired) electrons. The first-order valence-electron chi connectivity index (χ1n) is 12.1. The SMILES string of the molecule is COC(=O)CC[C@H](C)[C@H]1CC[C@H]2[C@H]3CC[C@@H]4CCCC[C@]4(C)[C@@H]3C[C@H](O)[C@]12C. The van der Waals surface area contributed by atoms with Crippen LogP contribution in [0.1, 0.15) is 91.4 Å². The van der Waals surface area contributed by atoms with Crippen LogP contribution in [0.4, 0.5) is 0 Å². The first-order chi connectivity index (χ1) is 13.3. The van der Waals surface area contributed by atoms with Crippen LogP contribution in [0.25, 0.3) is 0 Å². The van der Waals surface area contributed by atoms with Crippen molar-refractivity contribution >= 4 is 5.97 Å². The molecule has 3 nitrogen and oxygen atoms in total. The van der Waals surface area contributed by atoms with Crippen LogP contribution < -0.4 is 0 Å². The fraction of sp³-hybridized carbons (Fsp3) is 0.960. The lowest BCUT2D eigenvalue weighted by Gasteiger charge is -2.62. The maximum absolute atomic E-state index is 11.6. The van der Waals surface area contributed by atoms with Gasteiger partial charge < -0.3 is 9.84 Å². The Balaban J connectivity index is 1.54. The highest BCUT2D eigenvalue weighted by Gasteiger charge is 2.63. The Hall–Kier alpha value is -0.570. The highest BCUT2D eigenvalue weighted by Crippen LogP contribution is 2.68. The van der Waals surface area contributed by atoms with Crippen molar-refractivity contribution < 1.29 is 14.6 Å². The molecule has 3 heteroatoms. The number of aliphatic hydroxyl groups excluding tert-OH is 1. The molecule has 160 valence electrons. The van der Waals surface area contributed by atoms with Gasteiger partial charge in [-0.05, 0) is 97.7 Å². The van der Waals surface area contributed by atoms with Gasteiger partial charge in [-0.15, -0.1) is 0 Å². The lowest BCUT2D eigenvalue weighted by molar-refractivity contribution is -0.168. The second kappa shape index (κ2) is 7.60. The largest absolute Gasteiger partial charge is 0.469 e. The van der Waals surface area contributed by atoms with Gasteiger partial charge in [-0.2, -0.15) is 0 Å². The molecule has 4 rings (SSSR count). The maximum Gasteiger partial charge on any atom is 0.305 e. The molecule has 4 fully saturated rings. The Labute approximate surface area is 172 Å². The summed E-state index contributed by atoms with van der Waals surface area (Å²) >= 11 is 0. The van der Waals surface area contributed by atoms with E-state index in [1.54, 1.807) is 0 Å². The Bertz CT molecular complexity index is 588. The lowest BCUT2D eigenvalue weighted by atomic mass is 9.44. The molecule has 1 N–H and O–H groups in total. The molecule has 0 aromatic carbocycles. The van der Waals surface area contributed by atoms with Crippen molar-refractivity contribution in [2.24, 2.45) is 46.3 Å². The van der Waals surface area contributed by atoms with Gasteiger partial charge in [0.2, 0.25) is 0 Å². The molecule has 0 heterocycles. The summed E-state index contributed by atoms with van der Waals surface area (Å²) in [6.07, 6.45) is 13.2. The van der Waals surface area contributed by atoms with E-state index < -0.39 is 0 Å². The summed E-state index contributed by atoms with van der Waals surface area (Å²) in [6, 6.07) is 0. The van der Waals surface area contributed by atoms with Gasteiger partial charge in [0.05, 0.1) is 13.2 Å². The van der Waals surface area contributed by atoms with Crippen molar-refractivity contribution in [1.29, 1.82) is 0 Å². The van der Waals surface area contributed by atoms with E-state index in [1.807, 2.05) is 0 Å². The molecular weight excluding hydrogens is 348 g/mol. The molecule has 0 saturated heterocycles. The van der Waals surface area contributed by atoms with Gasteiger partial charge in [0.1, 0.15) is 0 Å². The van der Waals surface area contributed by atoms with Crippen LogP contribution in [0.2, 0.25) is 0 Å². The number of aliphatic hydroxyl groups is 1. The molecule has 0 aromatic rings. The van der Waals surface area contributed by atoms with Crippen LogP contribution >= 0.6 is 0 Å². The standard InChI is InChI=1S/C25H42O3/c1-16(8-13-23(27)28-4)19-11-12-20-18-10-9-17-7-5-6-14-24(17,2)21(18)15-22(26)25(19,20)3/h16-22,26H,5-15H2,1-4H3/t16-,17-,18+,19+,20-,21+,22-,24-,25+/m0/s1. The van der Waals surface area contributed by atoms with E-state index in [1.165, 1.54) is 58.5 Å². The molecule has 0 aliphatic heterocycles. The summed E-state index contributed by atoms with van der Waals surface area (Å²) in [5.41, 5.74) is 0.507. The van der Waals surface area contributed by atoms with Crippen molar-refractivity contribution in [3.8, 4) is 0 Å². The monoisotopic (exact) mass is 390 g/mol. The predicted molar refractivity (Wildman–Crippen MR) is 112 cm³/mol. The van der Waals surface area contributed by atoms with E-state index in [-0.39, 0.29) is 17.5 Å². The number of ether oxygens (including phenoxy) is 1. The molecule has 0 unspecified atom stereocenters. The van der Waals surface area contributed by atoms with Crippen molar-refractivity contribution in [3.05, 3.63) is 0 Å². The average Bonchev–Trinajstić information content (AvgIpc) is 3.05. The summed E-state index contributed by atoms with van der Waals surface area (Å²) in [6.45, 7) is 7.29. The third-order valence-corrected chi connectivity index (χ3v) is 10.5. The smallest absolute Gasteiger partial charge is 0.305 e. The molecule has 0 amide bonds. The second-order valence-electron chi connectivity index (χ2n) is 11.3. The van der Waals surface area contributed by atoms with Crippen molar-refractivity contribution in [2.45, 2.75) is 97.5 Å². The van der Waals surface area contributed by atoms with Crippen LogP contribution in [0.15, 0.2) is 0 Å². The quantitative estimate of drug-likeness (QED) is 0.636. The third kappa shape index (κ3) is 3.06. The average molecular weight is 391 g/mol. The number of methoxy groups -OCH3 is 1. The number of hydrogen-bond acceptors (Lipinski definition) is 3. The molecule has 9 atom stereocenters. The summed E-state index contributed by atoms with van der Waals surface area (Å²) in [7, 11) is 1.48. The van der Waals surface area contributed by atoms with Gasteiger partial charge in [-0.3, -0.25) is 4.79 Å². The molecule has 0 spiro atoms. The van der Waals surface area contributed by atoms with E-state index in [2.05, 4.69) is 20.8 Å². The summed E-state index contributed by atoms with van der Waals surface area (Å²) in [4.78, 5) is 11.6. The normalized spacial score (nSPS) is 48.9. The maximum atomic E-state index is 11.6. The van der Waals surface area contributed by atoms with Gasteiger partial charge in [0, 0.05) is 6.42 Å². The minimum absolute atomic E-state index is 0.0363. The van der Waals surface area contributed by atoms with Crippen LogP contribution in [0.3, 0.4) is 0 Å². The van der Waals surface area contributed by atoms with Gasteiger partial charge in [-0.25, -0.2) is 0 Å². The molecule has 0 bridgehead atoms. The van der Waals surface area contributed by atoms with Crippen molar-refractivity contribution in [1.82, 2.24) is 0 Å². The van der Waals surface area contributed by atoms with Crippen LogP contribution in [-0.2, 0) is 9.53 Å². The van der Waals surface area contributed by atoms with Gasteiger partial charge in [-0.1, -0.05) is 33.6 Å². The fourth-order valence-electron chi connectivity index (χ4n) is 8.87. The molecule has 4 aliphatic carbocycles. The van der Waals surface area contributed by atoms with E-state index in [9.17, 15) is 9.90 Å². The van der Waals surface area contributed by atoms with Crippen LogP contribution in [0.5, 0.6) is 0 Å². The molecule has 0 aromatic heterocycles. The summed E-state index contributed by atoms with van der Waals surface area (Å²) in [5, 5.41) is 11.5. The topological polar surface area (TPSA) is 46.5 Å². The van der Waals surface area contributed by atoms with Crippen molar-refractivity contribution in [3.63, 3.8) is 0 Å². The van der Waals surface area contributed by atoms with Crippen LogP contribution in [0, 0.1) is 46.3 Å². The van der Waals surface area contributed by atoms with E-state index in [0.717, 1.165) is 30.6 Å². The first-order valence-corrected chi connectivity index (χ1v) is 12.1. The fourth-order valence-corrected chi connectivity index (χ4v) is 8.87. The zero-order chi connectivity index (χ0) is 20.1. The molecule has 28 heavy (non-hydrogen) atoms. The minimum Gasteiger partial charge on any atom is -0.469 e. The highest BCUT2D eigenvalue weighted by atomic mass is 16.5. The van der Waals surface area contributed by atoms with Gasteiger partial charge in [0.15, 0.2) is 0 Å². The number of esters is 1. The van der Waals surface area contributed by atoms with Crippen molar-refractivity contribution in [2.75, 3.05) is 7.11 Å². The summed E-state index contributed by atoms with van der Waals surface area (Å²) < 4.78 is 4.86. The van der Waals surface area contributed by atoms with E-state index in [0.29, 0.717) is 29.6 Å². The molecule has 4 saturated carbocycles. The van der Waals surface area contributed by atoms with Gasteiger partial charge >= 0.3 is 5.97 Å². The Kier molecular flexibility index (Phi) is 5.61. The highest BCUT2D eigenvalue weighted by molar-refractivity contribution is 5.69. The second-order valence-corrected chi connectivity index (χ2v) is 11.3. The summed E-state index contributed by atoms with van der Waals surface area (Å²) in [5.74, 6) is 4.02. The zero-order valence-corrected chi connectivity index (χ0v) is 18.6. The zero-order valence-electron chi connectivity index (χ0n) is 18.6. The molecular formula is C25H42O3. The Morgan fingerprint density at radius 2 is 1.89 bits per heavy atom.